The second kappa shape index (κ2) is 4.50. The molecule has 1 aromatic carbocycles. The third kappa shape index (κ3) is 2.39. The molecule has 0 amide bonds. The first-order chi connectivity index (χ1) is 6.65. The molecule has 0 heterocycles. The Morgan fingerprint density at radius 2 is 1.93 bits per heavy atom. The Morgan fingerprint density at radius 1 is 1.36 bits per heavy atom. The molecule has 74 valence electrons. The van der Waals surface area contributed by atoms with Crippen LogP contribution in [-0.4, -0.2) is 13.1 Å². The third-order valence-electron chi connectivity index (χ3n) is 1.59. The van der Waals surface area contributed by atoms with Crippen molar-refractivity contribution < 1.29 is 18.3 Å². The fourth-order valence-electron chi connectivity index (χ4n) is 0.889. The molecule has 4 heteroatoms. The number of esters is 1. The van der Waals surface area contributed by atoms with Crippen molar-refractivity contribution in [1.82, 2.24) is 0 Å². The van der Waals surface area contributed by atoms with Gasteiger partial charge in [0, 0.05) is 11.6 Å². The van der Waals surface area contributed by atoms with Crippen molar-refractivity contribution in [2.75, 3.05) is 7.11 Å². The normalized spacial score (nSPS) is 10.5. The van der Waals surface area contributed by atoms with Gasteiger partial charge >= 0.3 is 5.97 Å². The van der Waals surface area contributed by atoms with Crippen LogP contribution in [0.4, 0.5) is 8.78 Å². The first-order valence-electron chi connectivity index (χ1n) is 3.85. The van der Waals surface area contributed by atoms with Gasteiger partial charge in [-0.3, -0.25) is 0 Å². The molecule has 0 bridgehead atoms. The van der Waals surface area contributed by atoms with Crippen molar-refractivity contribution in [1.29, 1.82) is 0 Å². The summed E-state index contributed by atoms with van der Waals surface area (Å²) in [5.74, 6) is -2.09. The highest BCUT2D eigenvalue weighted by molar-refractivity contribution is 5.86. The van der Waals surface area contributed by atoms with Crippen LogP contribution >= 0.6 is 0 Å². The van der Waals surface area contributed by atoms with E-state index in [1.807, 2.05) is 0 Å². The van der Waals surface area contributed by atoms with E-state index in [0.29, 0.717) is 0 Å². The lowest BCUT2D eigenvalue weighted by molar-refractivity contribution is -0.134. The molecule has 0 aliphatic carbocycles. The fraction of sp³-hybridized carbons (Fsp3) is 0.100. The molecule has 0 unspecified atom stereocenters. The Kier molecular flexibility index (Phi) is 3.34. The number of carbonyl (C=O) groups excluding carboxylic acids is 1. The van der Waals surface area contributed by atoms with Crippen molar-refractivity contribution >= 4 is 12.0 Å². The molecule has 14 heavy (non-hydrogen) atoms. The quantitative estimate of drug-likeness (QED) is 0.537. The van der Waals surface area contributed by atoms with E-state index in [4.69, 9.17) is 0 Å². The highest BCUT2D eigenvalue weighted by atomic mass is 19.1. The highest BCUT2D eigenvalue weighted by Crippen LogP contribution is 2.13. The van der Waals surface area contributed by atoms with E-state index in [1.165, 1.54) is 13.2 Å². The smallest absolute Gasteiger partial charge is 0.330 e. The summed E-state index contributed by atoms with van der Waals surface area (Å²) < 4.78 is 30.2. The molecule has 0 saturated carbocycles. The van der Waals surface area contributed by atoms with Gasteiger partial charge in [0.05, 0.1) is 7.11 Å². The predicted octanol–water partition coefficient (Wildman–Crippen LogP) is 2.15. The molecule has 0 aliphatic rings. The van der Waals surface area contributed by atoms with Gasteiger partial charge in [-0.2, -0.15) is 0 Å². The summed E-state index contributed by atoms with van der Waals surface area (Å²) >= 11 is 0. The Hall–Kier alpha value is -1.71. The topological polar surface area (TPSA) is 26.3 Å². The van der Waals surface area contributed by atoms with Crippen molar-refractivity contribution in [3.8, 4) is 0 Å². The van der Waals surface area contributed by atoms with E-state index in [-0.39, 0.29) is 5.56 Å². The zero-order valence-electron chi connectivity index (χ0n) is 7.46. The summed E-state index contributed by atoms with van der Waals surface area (Å²) in [5, 5.41) is 0. The summed E-state index contributed by atoms with van der Waals surface area (Å²) in [4.78, 5) is 10.7. The van der Waals surface area contributed by atoms with Crippen LogP contribution in [0.1, 0.15) is 5.56 Å². The highest BCUT2D eigenvalue weighted by Gasteiger charge is 2.04. The molecule has 0 atom stereocenters. The van der Waals surface area contributed by atoms with Crippen LogP contribution in [0, 0.1) is 11.6 Å². The Balaban J connectivity index is 2.96. The molecule has 1 aromatic rings. The molecule has 0 fully saturated rings. The molecule has 0 aliphatic heterocycles. The monoisotopic (exact) mass is 198 g/mol. The molecule has 1 rings (SSSR count). The number of ether oxygens (including phenoxy) is 1. The molecule has 0 saturated heterocycles. The van der Waals surface area contributed by atoms with E-state index in [2.05, 4.69) is 4.74 Å². The minimum atomic E-state index is -0.717. The summed E-state index contributed by atoms with van der Waals surface area (Å²) in [6, 6.07) is 3.47. The van der Waals surface area contributed by atoms with Crippen LogP contribution < -0.4 is 0 Å². The Bertz CT molecular complexity index is 352. The second-order valence-electron chi connectivity index (χ2n) is 2.49. The second-order valence-corrected chi connectivity index (χ2v) is 2.49. The summed E-state index contributed by atoms with van der Waals surface area (Å²) in [6.07, 6.45) is 2.00. The fourth-order valence-corrected chi connectivity index (χ4v) is 0.889. The lowest BCUT2D eigenvalue weighted by Gasteiger charge is -1.97. The molecular weight excluding hydrogens is 190 g/mol. The third-order valence-corrected chi connectivity index (χ3v) is 1.59. The van der Waals surface area contributed by atoms with Crippen molar-refractivity contribution in [3.05, 3.63) is 41.5 Å². The van der Waals surface area contributed by atoms with Crippen molar-refractivity contribution in [2.45, 2.75) is 0 Å². The van der Waals surface area contributed by atoms with E-state index in [1.54, 1.807) is 0 Å². The van der Waals surface area contributed by atoms with Crippen LogP contribution in [0.25, 0.3) is 6.08 Å². The van der Waals surface area contributed by atoms with Crippen LogP contribution in [0.15, 0.2) is 24.3 Å². The molecule has 0 N–H and O–H groups in total. The van der Waals surface area contributed by atoms with Gasteiger partial charge in [-0.25, -0.2) is 13.6 Å². The molecular formula is C10H8F2O2. The van der Waals surface area contributed by atoms with E-state index < -0.39 is 17.6 Å². The van der Waals surface area contributed by atoms with E-state index in [9.17, 15) is 13.6 Å². The Morgan fingerprint density at radius 3 is 2.43 bits per heavy atom. The van der Waals surface area contributed by atoms with Crippen LogP contribution in [0.3, 0.4) is 0 Å². The first-order valence-corrected chi connectivity index (χ1v) is 3.85. The summed E-state index contributed by atoms with van der Waals surface area (Å²) in [7, 11) is 1.18. The number of benzene rings is 1. The average Bonchev–Trinajstić information content (AvgIpc) is 2.16. The van der Waals surface area contributed by atoms with E-state index >= 15 is 0 Å². The minimum absolute atomic E-state index is 0.252. The van der Waals surface area contributed by atoms with Crippen molar-refractivity contribution in [3.63, 3.8) is 0 Å². The maximum absolute atomic E-state index is 13.0. The zero-order chi connectivity index (χ0) is 10.6. The van der Waals surface area contributed by atoms with Gasteiger partial charge in [0.1, 0.15) is 11.6 Å². The molecule has 2 nitrogen and oxygen atoms in total. The maximum Gasteiger partial charge on any atom is 0.330 e. The SMILES string of the molecule is COC(=O)/C=C/c1c(F)cccc1F. The number of rotatable bonds is 2. The Labute approximate surface area is 79.8 Å². The first kappa shape index (κ1) is 10.4. The van der Waals surface area contributed by atoms with Gasteiger partial charge in [-0.15, -0.1) is 0 Å². The van der Waals surface area contributed by atoms with Gasteiger partial charge < -0.3 is 4.74 Å². The van der Waals surface area contributed by atoms with Gasteiger partial charge in [0.2, 0.25) is 0 Å². The van der Waals surface area contributed by atoms with Gasteiger partial charge in [0.25, 0.3) is 0 Å². The number of hydrogen-bond donors (Lipinski definition) is 0. The number of methoxy groups -OCH3 is 1. The molecule has 0 aromatic heterocycles. The number of hydrogen-bond acceptors (Lipinski definition) is 2. The lowest BCUT2D eigenvalue weighted by Crippen LogP contribution is -1.94. The average molecular weight is 198 g/mol. The predicted molar refractivity (Wildman–Crippen MR) is 47.4 cm³/mol. The van der Waals surface area contributed by atoms with Gasteiger partial charge in [-0.1, -0.05) is 6.07 Å². The number of carbonyl (C=O) groups is 1. The van der Waals surface area contributed by atoms with Crippen LogP contribution in [0.2, 0.25) is 0 Å². The van der Waals surface area contributed by atoms with Gasteiger partial charge in [-0.05, 0) is 18.2 Å². The molecule has 0 spiro atoms. The molecule has 0 radical (unpaired) electrons. The maximum atomic E-state index is 13.0. The number of halogens is 2. The standard InChI is InChI=1S/C10H8F2O2/c1-14-10(13)6-5-7-8(11)3-2-4-9(7)12/h2-6H,1H3/b6-5+. The minimum Gasteiger partial charge on any atom is -0.466 e. The van der Waals surface area contributed by atoms with Crippen molar-refractivity contribution in [2.24, 2.45) is 0 Å². The summed E-state index contributed by atoms with van der Waals surface area (Å²) in [6.45, 7) is 0. The lowest BCUT2D eigenvalue weighted by atomic mass is 10.2. The van der Waals surface area contributed by atoms with E-state index in [0.717, 1.165) is 24.3 Å². The van der Waals surface area contributed by atoms with Crippen LogP contribution in [0.5, 0.6) is 0 Å². The zero-order valence-corrected chi connectivity index (χ0v) is 7.46. The van der Waals surface area contributed by atoms with Crippen LogP contribution in [-0.2, 0) is 9.53 Å². The summed E-state index contributed by atoms with van der Waals surface area (Å²) in [5.41, 5.74) is -0.252. The van der Waals surface area contributed by atoms with Gasteiger partial charge in [0.15, 0.2) is 0 Å². The largest absolute Gasteiger partial charge is 0.466 e.